The third kappa shape index (κ3) is 6.09. The molecular weight excluding hydrogens is 342 g/mol. The Morgan fingerprint density at radius 1 is 1.08 bits per heavy atom. The maximum Gasteiger partial charge on any atom is 0.319 e. The Hall–Kier alpha value is -2.58. The van der Waals surface area contributed by atoms with Gasteiger partial charge in [-0.3, -0.25) is 0 Å². The van der Waals surface area contributed by atoms with Crippen LogP contribution in [0.1, 0.15) is 12.5 Å². The second kappa shape index (κ2) is 8.50. The minimum absolute atomic E-state index is 0.0671. The van der Waals surface area contributed by atoms with E-state index in [0.717, 1.165) is 11.3 Å². The molecule has 0 fully saturated rings. The Labute approximate surface area is 147 Å². The van der Waals surface area contributed by atoms with E-state index in [1.54, 1.807) is 36.4 Å². The van der Waals surface area contributed by atoms with Crippen molar-refractivity contribution in [2.24, 2.45) is 5.14 Å². The number of carbonyl (C=O) groups excluding carboxylic acids is 1. The van der Waals surface area contributed by atoms with Crippen molar-refractivity contribution in [3.8, 4) is 5.75 Å². The number of hydrogen-bond donors (Lipinski definition) is 3. The molecule has 0 atom stereocenters. The largest absolute Gasteiger partial charge is 0.494 e. The van der Waals surface area contributed by atoms with Gasteiger partial charge in [-0.15, -0.1) is 0 Å². The highest BCUT2D eigenvalue weighted by Gasteiger charge is 2.07. The predicted octanol–water partition coefficient (Wildman–Crippen LogP) is 2.10. The van der Waals surface area contributed by atoms with E-state index in [1.807, 2.05) is 6.92 Å². The summed E-state index contributed by atoms with van der Waals surface area (Å²) in [4.78, 5) is 11.9. The van der Waals surface area contributed by atoms with E-state index in [-0.39, 0.29) is 10.9 Å². The summed E-state index contributed by atoms with van der Waals surface area (Å²) in [7, 11) is -3.68. The molecule has 134 valence electrons. The third-order valence-corrected chi connectivity index (χ3v) is 4.30. The van der Waals surface area contributed by atoms with Gasteiger partial charge in [-0.1, -0.05) is 12.1 Å². The van der Waals surface area contributed by atoms with Crippen LogP contribution in [0.15, 0.2) is 53.4 Å². The van der Waals surface area contributed by atoms with Gasteiger partial charge in [0.05, 0.1) is 11.5 Å². The number of sulfonamides is 1. The number of carbonyl (C=O) groups is 1. The first-order valence-electron chi connectivity index (χ1n) is 7.78. The topological polar surface area (TPSA) is 111 Å². The van der Waals surface area contributed by atoms with Crippen molar-refractivity contribution in [1.29, 1.82) is 0 Å². The number of amides is 2. The van der Waals surface area contributed by atoms with Crippen LogP contribution < -0.4 is 20.5 Å². The van der Waals surface area contributed by atoms with Crippen LogP contribution in [0.5, 0.6) is 5.75 Å². The average molecular weight is 363 g/mol. The molecule has 2 aromatic carbocycles. The highest BCUT2D eigenvalue weighted by Crippen LogP contribution is 2.15. The summed E-state index contributed by atoms with van der Waals surface area (Å²) in [5.41, 5.74) is 1.56. The number of rotatable bonds is 7. The molecular formula is C17H21N3O4S. The van der Waals surface area contributed by atoms with E-state index in [1.165, 1.54) is 12.1 Å². The number of urea groups is 1. The lowest BCUT2D eigenvalue weighted by Crippen LogP contribution is -2.30. The van der Waals surface area contributed by atoms with Gasteiger partial charge in [0.1, 0.15) is 5.75 Å². The van der Waals surface area contributed by atoms with Crippen LogP contribution in [0.2, 0.25) is 0 Å². The van der Waals surface area contributed by atoms with E-state index >= 15 is 0 Å². The molecule has 0 heterocycles. The smallest absolute Gasteiger partial charge is 0.319 e. The van der Waals surface area contributed by atoms with Gasteiger partial charge in [-0.05, 0) is 55.3 Å². The van der Waals surface area contributed by atoms with Gasteiger partial charge < -0.3 is 15.4 Å². The molecule has 2 amide bonds. The molecule has 2 aromatic rings. The summed E-state index contributed by atoms with van der Waals surface area (Å²) in [6.45, 7) is 2.91. The molecule has 0 unspecified atom stereocenters. The number of nitrogens with two attached hydrogens (primary N) is 1. The SMILES string of the molecule is CCOc1ccc(NC(=O)NCCc2ccc(S(N)(=O)=O)cc2)cc1. The highest BCUT2D eigenvalue weighted by molar-refractivity contribution is 7.89. The van der Waals surface area contributed by atoms with Crippen LogP contribution >= 0.6 is 0 Å². The van der Waals surface area contributed by atoms with Crippen molar-refractivity contribution >= 4 is 21.7 Å². The standard InChI is InChI=1S/C17H21N3O4S/c1-2-24-15-7-5-14(6-8-15)20-17(21)19-12-11-13-3-9-16(10-4-13)25(18,22)23/h3-10H,2,11-12H2,1H3,(H2,18,22,23)(H2,19,20,21). The summed E-state index contributed by atoms with van der Waals surface area (Å²) >= 11 is 0. The van der Waals surface area contributed by atoms with E-state index in [9.17, 15) is 13.2 Å². The van der Waals surface area contributed by atoms with Crippen LogP contribution in [0.25, 0.3) is 0 Å². The fraction of sp³-hybridized carbons (Fsp3) is 0.235. The van der Waals surface area contributed by atoms with Gasteiger partial charge in [0, 0.05) is 12.2 Å². The van der Waals surface area contributed by atoms with Crippen molar-refractivity contribution in [2.75, 3.05) is 18.5 Å². The number of ether oxygens (including phenoxy) is 1. The summed E-state index contributed by atoms with van der Waals surface area (Å²) in [5, 5.41) is 10.5. The fourth-order valence-corrected chi connectivity index (χ4v) is 2.66. The number of nitrogens with one attached hydrogen (secondary N) is 2. The zero-order valence-electron chi connectivity index (χ0n) is 13.9. The highest BCUT2D eigenvalue weighted by atomic mass is 32.2. The van der Waals surface area contributed by atoms with Crippen LogP contribution in [0.4, 0.5) is 10.5 Å². The van der Waals surface area contributed by atoms with Gasteiger partial charge in [0.2, 0.25) is 10.0 Å². The average Bonchev–Trinajstić information content (AvgIpc) is 2.56. The molecule has 0 saturated heterocycles. The Kier molecular flexibility index (Phi) is 6.37. The first kappa shape index (κ1) is 18.8. The Balaban J connectivity index is 1.78. The molecule has 0 saturated carbocycles. The minimum Gasteiger partial charge on any atom is -0.494 e. The minimum atomic E-state index is -3.68. The van der Waals surface area contributed by atoms with Gasteiger partial charge in [-0.2, -0.15) is 0 Å². The van der Waals surface area contributed by atoms with Crippen LogP contribution in [0.3, 0.4) is 0 Å². The first-order chi connectivity index (χ1) is 11.9. The van der Waals surface area contributed by atoms with Crippen molar-refractivity contribution in [3.63, 3.8) is 0 Å². The van der Waals surface area contributed by atoms with E-state index in [2.05, 4.69) is 10.6 Å². The van der Waals surface area contributed by atoms with Gasteiger partial charge in [-0.25, -0.2) is 18.4 Å². The number of benzene rings is 2. The quantitative estimate of drug-likeness (QED) is 0.699. The molecule has 4 N–H and O–H groups in total. The molecule has 0 aliphatic rings. The maximum atomic E-state index is 11.8. The molecule has 7 nitrogen and oxygen atoms in total. The lowest BCUT2D eigenvalue weighted by Gasteiger charge is -2.09. The van der Waals surface area contributed by atoms with Crippen LogP contribution in [0, 0.1) is 0 Å². The van der Waals surface area contributed by atoms with E-state index in [4.69, 9.17) is 9.88 Å². The summed E-state index contributed by atoms with van der Waals surface area (Å²) < 4.78 is 27.7. The fourth-order valence-electron chi connectivity index (χ4n) is 2.14. The predicted molar refractivity (Wildman–Crippen MR) is 96.2 cm³/mol. The molecule has 2 rings (SSSR count). The second-order valence-corrected chi connectivity index (χ2v) is 6.84. The maximum absolute atomic E-state index is 11.8. The Morgan fingerprint density at radius 2 is 1.72 bits per heavy atom. The molecule has 0 spiro atoms. The number of hydrogen-bond acceptors (Lipinski definition) is 4. The first-order valence-corrected chi connectivity index (χ1v) is 9.32. The lowest BCUT2D eigenvalue weighted by molar-refractivity contribution is 0.252. The monoisotopic (exact) mass is 363 g/mol. The van der Waals surface area contributed by atoms with Crippen molar-refractivity contribution in [1.82, 2.24) is 5.32 Å². The molecule has 0 radical (unpaired) electrons. The molecule has 0 aliphatic carbocycles. The molecule has 0 aromatic heterocycles. The molecule has 0 bridgehead atoms. The molecule has 8 heteroatoms. The van der Waals surface area contributed by atoms with Gasteiger partial charge >= 0.3 is 6.03 Å². The number of anilines is 1. The van der Waals surface area contributed by atoms with E-state index in [0.29, 0.717) is 25.3 Å². The van der Waals surface area contributed by atoms with Crippen LogP contribution in [-0.4, -0.2) is 27.6 Å². The van der Waals surface area contributed by atoms with Crippen molar-refractivity contribution in [3.05, 3.63) is 54.1 Å². The summed E-state index contributed by atoms with van der Waals surface area (Å²) in [5.74, 6) is 0.747. The zero-order chi connectivity index (χ0) is 18.3. The van der Waals surface area contributed by atoms with Crippen LogP contribution in [-0.2, 0) is 16.4 Å². The van der Waals surface area contributed by atoms with E-state index < -0.39 is 10.0 Å². The Bertz CT molecular complexity index is 803. The summed E-state index contributed by atoms with van der Waals surface area (Å²) in [6, 6.07) is 13.0. The Morgan fingerprint density at radius 3 is 2.28 bits per heavy atom. The second-order valence-electron chi connectivity index (χ2n) is 5.28. The molecule has 0 aliphatic heterocycles. The van der Waals surface area contributed by atoms with Crippen molar-refractivity contribution in [2.45, 2.75) is 18.2 Å². The van der Waals surface area contributed by atoms with Crippen molar-refractivity contribution < 1.29 is 17.9 Å². The van der Waals surface area contributed by atoms with Gasteiger partial charge in [0.25, 0.3) is 0 Å². The third-order valence-electron chi connectivity index (χ3n) is 3.37. The zero-order valence-corrected chi connectivity index (χ0v) is 14.7. The normalized spacial score (nSPS) is 11.0. The number of primary sulfonamides is 1. The van der Waals surface area contributed by atoms with Gasteiger partial charge in [0.15, 0.2) is 0 Å². The lowest BCUT2D eigenvalue weighted by atomic mass is 10.1. The summed E-state index contributed by atoms with van der Waals surface area (Å²) in [6.07, 6.45) is 0.571. The molecule has 25 heavy (non-hydrogen) atoms.